The second kappa shape index (κ2) is 12.4. The molecule has 0 bridgehead atoms. The molecule has 168 valence electrons. The average Bonchev–Trinajstić information content (AvgIpc) is 2.72. The quantitative estimate of drug-likeness (QED) is 0.277. The number of piperidine rings is 1. The smallest absolute Gasteiger partial charge is 0.306 e. The molecule has 0 amide bonds. The van der Waals surface area contributed by atoms with E-state index in [2.05, 4.69) is 31.6 Å². The van der Waals surface area contributed by atoms with Crippen LogP contribution in [0.15, 0.2) is 29.4 Å². The predicted octanol–water partition coefficient (Wildman–Crippen LogP) is 3.51. The lowest BCUT2D eigenvalue weighted by Gasteiger charge is -2.33. The third kappa shape index (κ3) is 9.46. The number of unbranched alkanes of at least 4 members (excludes halogenated alkanes) is 3. The van der Waals surface area contributed by atoms with E-state index in [1.54, 1.807) is 0 Å². The summed E-state index contributed by atoms with van der Waals surface area (Å²) in [6.07, 6.45) is 8.58. The average molecular weight is 418 g/mol. The van der Waals surface area contributed by atoms with Crippen molar-refractivity contribution in [2.45, 2.75) is 77.4 Å². The van der Waals surface area contributed by atoms with Gasteiger partial charge in [-0.05, 0) is 58.6 Å². The summed E-state index contributed by atoms with van der Waals surface area (Å²) in [5.41, 5.74) is -0.390. The highest BCUT2D eigenvalue weighted by Crippen LogP contribution is 2.17. The first-order chi connectivity index (χ1) is 14.4. The number of hydrogen-bond donors (Lipinski definition) is 2. The van der Waals surface area contributed by atoms with E-state index >= 15 is 0 Å². The minimum atomic E-state index is -0.390. The first-order valence-corrected chi connectivity index (χ1v) is 11.2. The van der Waals surface area contributed by atoms with Crippen LogP contribution in [0.25, 0.3) is 0 Å². The number of carbonyl (C=O) groups excluding carboxylic acids is 1. The van der Waals surface area contributed by atoms with Gasteiger partial charge in [0.2, 0.25) is 0 Å². The molecule has 0 aliphatic carbocycles. The Hall–Kier alpha value is -2.31. The van der Waals surface area contributed by atoms with E-state index in [9.17, 15) is 4.79 Å². The summed E-state index contributed by atoms with van der Waals surface area (Å²) in [6, 6.07) is 6.50. The van der Waals surface area contributed by atoms with E-state index in [1.165, 1.54) is 0 Å². The SMILES string of the molecule is CN=C(NCCCCCCC(=O)OC(C)(C)C)NC1CCN(c2ccccn2)CC1. The van der Waals surface area contributed by atoms with Crippen LogP contribution >= 0.6 is 0 Å². The Kier molecular flexibility index (Phi) is 9.91. The number of nitrogens with zero attached hydrogens (tertiary/aromatic N) is 3. The molecular weight excluding hydrogens is 378 g/mol. The topological polar surface area (TPSA) is 78.8 Å². The molecular formula is C23H39N5O2. The summed E-state index contributed by atoms with van der Waals surface area (Å²) in [5, 5.41) is 6.96. The molecule has 1 fully saturated rings. The van der Waals surface area contributed by atoms with Gasteiger partial charge in [0.15, 0.2) is 5.96 Å². The molecule has 2 rings (SSSR count). The van der Waals surface area contributed by atoms with Crippen LogP contribution in [-0.4, -0.2) is 55.2 Å². The molecule has 0 spiro atoms. The normalized spacial score (nSPS) is 15.7. The standard InChI is InChI=1S/C23H39N5O2/c1-23(2,3)30-21(29)12-7-5-6-9-16-26-22(24-4)27-19-13-17-28(18-14-19)20-11-8-10-15-25-20/h8,10-11,15,19H,5-7,9,12-14,16-18H2,1-4H3,(H2,24,26,27). The van der Waals surface area contributed by atoms with Crippen LogP contribution in [-0.2, 0) is 9.53 Å². The van der Waals surface area contributed by atoms with E-state index in [4.69, 9.17) is 4.74 Å². The highest BCUT2D eigenvalue weighted by molar-refractivity contribution is 5.79. The Morgan fingerprint density at radius 1 is 1.20 bits per heavy atom. The number of ether oxygens (including phenoxy) is 1. The van der Waals surface area contributed by atoms with Gasteiger partial charge in [0.25, 0.3) is 0 Å². The van der Waals surface area contributed by atoms with Gasteiger partial charge in [-0.1, -0.05) is 18.9 Å². The van der Waals surface area contributed by atoms with Crippen molar-refractivity contribution in [3.05, 3.63) is 24.4 Å². The number of nitrogens with one attached hydrogen (secondary N) is 2. The summed E-state index contributed by atoms with van der Waals surface area (Å²) in [5.74, 6) is 1.84. The van der Waals surface area contributed by atoms with Crippen LogP contribution in [0.5, 0.6) is 0 Å². The molecule has 1 saturated heterocycles. The van der Waals surface area contributed by atoms with Gasteiger partial charge in [-0.25, -0.2) is 4.98 Å². The minimum Gasteiger partial charge on any atom is -0.460 e. The van der Waals surface area contributed by atoms with Crippen LogP contribution in [0.2, 0.25) is 0 Å². The summed E-state index contributed by atoms with van der Waals surface area (Å²) >= 11 is 0. The molecule has 0 radical (unpaired) electrons. The maximum Gasteiger partial charge on any atom is 0.306 e. The fraction of sp³-hybridized carbons (Fsp3) is 0.696. The van der Waals surface area contributed by atoms with Gasteiger partial charge in [0.05, 0.1) is 0 Å². The molecule has 7 nitrogen and oxygen atoms in total. The zero-order chi connectivity index (χ0) is 21.8. The first kappa shape index (κ1) is 24.0. The molecule has 1 aromatic rings. The van der Waals surface area contributed by atoms with E-state index < -0.39 is 0 Å². The molecule has 1 aromatic heterocycles. The monoisotopic (exact) mass is 417 g/mol. The van der Waals surface area contributed by atoms with Crippen LogP contribution in [0.4, 0.5) is 5.82 Å². The van der Waals surface area contributed by atoms with Crippen LogP contribution in [0.3, 0.4) is 0 Å². The van der Waals surface area contributed by atoms with Crippen molar-refractivity contribution in [2.75, 3.05) is 31.6 Å². The number of rotatable bonds is 9. The van der Waals surface area contributed by atoms with Crippen molar-refractivity contribution >= 4 is 17.7 Å². The number of carbonyl (C=O) groups is 1. The third-order valence-electron chi connectivity index (χ3n) is 5.05. The molecule has 0 unspecified atom stereocenters. The van der Waals surface area contributed by atoms with Crippen molar-refractivity contribution in [1.29, 1.82) is 0 Å². The second-order valence-corrected chi connectivity index (χ2v) is 8.84. The van der Waals surface area contributed by atoms with E-state index in [1.807, 2.05) is 46.1 Å². The second-order valence-electron chi connectivity index (χ2n) is 8.84. The zero-order valence-electron chi connectivity index (χ0n) is 19.1. The minimum absolute atomic E-state index is 0.0979. The number of hydrogen-bond acceptors (Lipinski definition) is 5. The lowest BCUT2D eigenvalue weighted by molar-refractivity contribution is -0.154. The number of aliphatic imine (C=N–C) groups is 1. The molecule has 0 saturated carbocycles. The van der Waals surface area contributed by atoms with Crippen LogP contribution in [0.1, 0.15) is 65.7 Å². The lowest BCUT2D eigenvalue weighted by atomic mass is 10.1. The Morgan fingerprint density at radius 2 is 1.93 bits per heavy atom. The molecule has 2 N–H and O–H groups in total. The number of guanidine groups is 1. The lowest BCUT2D eigenvalue weighted by Crippen LogP contribution is -2.49. The maximum atomic E-state index is 11.7. The van der Waals surface area contributed by atoms with Gasteiger partial charge in [-0.2, -0.15) is 0 Å². The van der Waals surface area contributed by atoms with Crippen molar-refractivity contribution < 1.29 is 9.53 Å². The van der Waals surface area contributed by atoms with Crippen molar-refractivity contribution in [2.24, 2.45) is 4.99 Å². The van der Waals surface area contributed by atoms with Gasteiger partial charge >= 0.3 is 5.97 Å². The van der Waals surface area contributed by atoms with Crippen LogP contribution in [0, 0.1) is 0 Å². The maximum absolute atomic E-state index is 11.7. The summed E-state index contributed by atoms with van der Waals surface area (Å²) in [4.78, 5) is 22.8. The van der Waals surface area contributed by atoms with E-state index in [0.29, 0.717) is 12.5 Å². The summed E-state index contributed by atoms with van der Waals surface area (Å²) < 4.78 is 5.33. The zero-order valence-corrected chi connectivity index (χ0v) is 19.1. The first-order valence-electron chi connectivity index (χ1n) is 11.2. The number of pyridine rings is 1. The van der Waals surface area contributed by atoms with Crippen molar-refractivity contribution in [1.82, 2.24) is 15.6 Å². The number of anilines is 1. The van der Waals surface area contributed by atoms with Crippen LogP contribution < -0.4 is 15.5 Å². The Labute approximate surface area is 181 Å². The fourth-order valence-corrected chi connectivity index (χ4v) is 3.53. The molecule has 2 heterocycles. The molecule has 1 aliphatic heterocycles. The molecule has 7 heteroatoms. The number of esters is 1. The molecule has 0 atom stereocenters. The molecule has 0 aromatic carbocycles. The highest BCUT2D eigenvalue weighted by Gasteiger charge is 2.20. The summed E-state index contributed by atoms with van der Waals surface area (Å²) in [7, 11) is 1.82. The van der Waals surface area contributed by atoms with E-state index in [0.717, 1.165) is 69.9 Å². The Morgan fingerprint density at radius 3 is 2.57 bits per heavy atom. The number of aromatic nitrogens is 1. The third-order valence-corrected chi connectivity index (χ3v) is 5.05. The van der Waals surface area contributed by atoms with Crippen molar-refractivity contribution in [3.63, 3.8) is 0 Å². The van der Waals surface area contributed by atoms with E-state index in [-0.39, 0.29) is 11.6 Å². The molecule has 30 heavy (non-hydrogen) atoms. The van der Waals surface area contributed by atoms with Gasteiger partial charge in [0.1, 0.15) is 11.4 Å². The Balaban J connectivity index is 1.54. The van der Waals surface area contributed by atoms with Gasteiger partial charge in [-0.15, -0.1) is 0 Å². The largest absolute Gasteiger partial charge is 0.460 e. The molecule has 1 aliphatic rings. The fourth-order valence-electron chi connectivity index (χ4n) is 3.53. The van der Waals surface area contributed by atoms with Gasteiger partial charge in [-0.3, -0.25) is 9.79 Å². The summed E-state index contributed by atoms with van der Waals surface area (Å²) in [6.45, 7) is 8.61. The van der Waals surface area contributed by atoms with Gasteiger partial charge < -0.3 is 20.3 Å². The Bertz CT molecular complexity index is 649. The van der Waals surface area contributed by atoms with Gasteiger partial charge in [0, 0.05) is 45.3 Å². The van der Waals surface area contributed by atoms with Crippen molar-refractivity contribution in [3.8, 4) is 0 Å². The highest BCUT2D eigenvalue weighted by atomic mass is 16.6. The predicted molar refractivity (Wildman–Crippen MR) is 123 cm³/mol.